The number of imidazole rings is 1. The molecule has 0 fully saturated rings. The van der Waals surface area contributed by atoms with Crippen LogP contribution in [0.5, 0.6) is 0 Å². The summed E-state index contributed by atoms with van der Waals surface area (Å²) in [5.41, 5.74) is 3.04. The number of halogens is 2. The molecule has 3 rings (SSSR count). The second-order valence-electron chi connectivity index (χ2n) is 6.55. The number of nitrogens with zero attached hydrogens (tertiary/aromatic N) is 3. The molecule has 0 bridgehead atoms. The van der Waals surface area contributed by atoms with E-state index in [2.05, 4.69) is 23.3 Å². The number of alkyl halides is 2. The molecule has 2 heterocycles. The van der Waals surface area contributed by atoms with Gasteiger partial charge in [-0.2, -0.15) is 8.78 Å². The Morgan fingerprint density at radius 3 is 2.36 bits per heavy atom. The van der Waals surface area contributed by atoms with Crippen LogP contribution in [0, 0.1) is 0 Å². The first-order valence-corrected chi connectivity index (χ1v) is 9.68. The summed E-state index contributed by atoms with van der Waals surface area (Å²) in [6, 6.07) is 5.63. The van der Waals surface area contributed by atoms with Crippen LogP contribution >= 0.6 is 0 Å². The third-order valence-electron chi connectivity index (χ3n) is 4.57. The number of rotatable bonds is 4. The van der Waals surface area contributed by atoms with Gasteiger partial charge in [-0.05, 0) is 24.3 Å². The summed E-state index contributed by atoms with van der Waals surface area (Å²) in [7, 11) is -2.52. The SMILES string of the molecule is CC(C)c1nc2c(n1C)CCN(c1ccc(S(=O)(=O)C(F)F)cc1)C2. The third-order valence-corrected chi connectivity index (χ3v) is 5.97. The van der Waals surface area contributed by atoms with E-state index in [0.717, 1.165) is 30.2 Å². The molecular weight excluding hydrogens is 348 g/mol. The zero-order valence-corrected chi connectivity index (χ0v) is 15.2. The first-order chi connectivity index (χ1) is 11.7. The van der Waals surface area contributed by atoms with Gasteiger partial charge in [0.15, 0.2) is 0 Å². The van der Waals surface area contributed by atoms with Gasteiger partial charge in [0.1, 0.15) is 5.82 Å². The molecule has 136 valence electrons. The van der Waals surface area contributed by atoms with Gasteiger partial charge in [-0.25, -0.2) is 13.4 Å². The van der Waals surface area contributed by atoms with E-state index in [0.29, 0.717) is 12.5 Å². The van der Waals surface area contributed by atoms with Gasteiger partial charge in [-0.1, -0.05) is 13.8 Å². The zero-order chi connectivity index (χ0) is 18.4. The number of benzene rings is 1. The predicted molar refractivity (Wildman–Crippen MR) is 91.7 cm³/mol. The standard InChI is InChI=1S/C17H21F2N3O2S/c1-11(2)16-20-14-10-22(9-8-15(14)21(16)3)12-4-6-13(7-5-12)25(23,24)17(18)19/h4-7,11,17H,8-10H2,1-3H3. The lowest BCUT2D eigenvalue weighted by Gasteiger charge is -2.29. The van der Waals surface area contributed by atoms with Crippen LogP contribution in [0.4, 0.5) is 14.5 Å². The van der Waals surface area contributed by atoms with Crippen LogP contribution in [0.2, 0.25) is 0 Å². The molecule has 0 aliphatic carbocycles. The summed E-state index contributed by atoms with van der Waals surface area (Å²) >= 11 is 0. The molecule has 1 aromatic heterocycles. The Balaban J connectivity index is 1.84. The molecule has 8 heteroatoms. The van der Waals surface area contributed by atoms with Crippen molar-refractivity contribution in [1.82, 2.24) is 9.55 Å². The fraction of sp³-hybridized carbons (Fsp3) is 0.471. The largest absolute Gasteiger partial charge is 0.365 e. The fourth-order valence-corrected chi connectivity index (χ4v) is 3.96. The number of fused-ring (bicyclic) bond motifs is 1. The maximum absolute atomic E-state index is 12.6. The van der Waals surface area contributed by atoms with E-state index in [4.69, 9.17) is 4.98 Å². The first-order valence-electron chi connectivity index (χ1n) is 8.13. The molecule has 0 amide bonds. The van der Waals surface area contributed by atoms with Crippen LogP contribution in [-0.4, -0.2) is 30.3 Å². The molecule has 0 unspecified atom stereocenters. The summed E-state index contributed by atoms with van der Waals surface area (Å²) in [6.07, 6.45) is 0.836. The van der Waals surface area contributed by atoms with E-state index < -0.39 is 15.6 Å². The van der Waals surface area contributed by atoms with Crippen molar-refractivity contribution in [2.75, 3.05) is 11.4 Å². The van der Waals surface area contributed by atoms with Crippen molar-refractivity contribution >= 4 is 15.5 Å². The summed E-state index contributed by atoms with van der Waals surface area (Å²) < 4.78 is 50.4. The lowest BCUT2D eigenvalue weighted by molar-refractivity contribution is 0.234. The molecule has 0 spiro atoms. The van der Waals surface area contributed by atoms with Crippen LogP contribution in [0.15, 0.2) is 29.2 Å². The number of aromatic nitrogens is 2. The van der Waals surface area contributed by atoms with Gasteiger partial charge in [-0.15, -0.1) is 0 Å². The number of hydrogen-bond donors (Lipinski definition) is 0. The maximum Gasteiger partial charge on any atom is 0.341 e. The van der Waals surface area contributed by atoms with Crippen LogP contribution in [-0.2, 0) is 29.9 Å². The van der Waals surface area contributed by atoms with Crippen LogP contribution in [0.1, 0.15) is 37.0 Å². The van der Waals surface area contributed by atoms with E-state index in [1.807, 2.05) is 7.05 Å². The monoisotopic (exact) mass is 369 g/mol. The smallest absolute Gasteiger partial charge is 0.341 e. The van der Waals surface area contributed by atoms with Gasteiger partial charge in [0, 0.05) is 37.3 Å². The second kappa shape index (κ2) is 6.40. The average Bonchev–Trinajstić information content (AvgIpc) is 2.91. The lowest BCUT2D eigenvalue weighted by Crippen LogP contribution is -2.31. The van der Waals surface area contributed by atoms with E-state index in [1.54, 1.807) is 12.1 Å². The number of anilines is 1. The summed E-state index contributed by atoms with van der Waals surface area (Å²) in [5.74, 6) is -2.02. The fourth-order valence-electron chi connectivity index (χ4n) is 3.24. The Labute approximate surface area is 146 Å². The minimum atomic E-state index is -4.55. The minimum absolute atomic E-state index is 0.336. The molecule has 0 radical (unpaired) electrons. The van der Waals surface area contributed by atoms with E-state index in [9.17, 15) is 17.2 Å². The molecule has 0 saturated heterocycles. The van der Waals surface area contributed by atoms with E-state index in [1.165, 1.54) is 17.8 Å². The highest BCUT2D eigenvalue weighted by Crippen LogP contribution is 2.28. The maximum atomic E-state index is 12.6. The van der Waals surface area contributed by atoms with Gasteiger partial charge in [0.2, 0.25) is 9.84 Å². The highest BCUT2D eigenvalue weighted by atomic mass is 32.2. The highest BCUT2D eigenvalue weighted by molar-refractivity contribution is 7.91. The predicted octanol–water partition coefficient (Wildman–Crippen LogP) is 3.10. The second-order valence-corrected chi connectivity index (χ2v) is 8.47. The Hall–Kier alpha value is -1.96. The Morgan fingerprint density at radius 2 is 1.80 bits per heavy atom. The molecule has 1 aliphatic rings. The van der Waals surface area contributed by atoms with Crippen molar-refractivity contribution in [2.45, 2.75) is 43.4 Å². The molecule has 0 N–H and O–H groups in total. The highest BCUT2D eigenvalue weighted by Gasteiger charge is 2.27. The molecule has 25 heavy (non-hydrogen) atoms. The number of hydrogen-bond acceptors (Lipinski definition) is 4. The van der Waals surface area contributed by atoms with Crippen molar-refractivity contribution in [3.63, 3.8) is 0 Å². The van der Waals surface area contributed by atoms with Crippen molar-refractivity contribution < 1.29 is 17.2 Å². The normalized spacial score (nSPS) is 15.1. The molecule has 1 aromatic carbocycles. The first kappa shape index (κ1) is 17.8. The molecule has 5 nitrogen and oxygen atoms in total. The Kier molecular flexibility index (Phi) is 4.57. The summed E-state index contributed by atoms with van der Waals surface area (Å²) in [6.45, 7) is 5.60. The molecule has 1 aliphatic heterocycles. The Morgan fingerprint density at radius 1 is 1.16 bits per heavy atom. The summed E-state index contributed by atoms with van der Waals surface area (Å²) in [4.78, 5) is 6.46. The van der Waals surface area contributed by atoms with Gasteiger partial charge < -0.3 is 9.47 Å². The zero-order valence-electron chi connectivity index (χ0n) is 14.4. The van der Waals surface area contributed by atoms with Crippen molar-refractivity contribution in [3.8, 4) is 0 Å². The van der Waals surface area contributed by atoms with Gasteiger partial charge >= 0.3 is 5.76 Å². The Bertz CT molecular complexity index is 874. The lowest BCUT2D eigenvalue weighted by atomic mass is 10.1. The molecule has 0 atom stereocenters. The van der Waals surface area contributed by atoms with Crippen LogP contribution in [0.25, 0.3) is 0 Å². The van der Waals surface area contributed by atoms with E-state index in [-0.39, 0.29) is 4.90 Å². The van der Waals surface area contributed by atoms with Crippen molar-refractivity contribution in [3.05, 3.63) is 41.5 Å². The van der Waals surface area contributed by atoms with Crippen molar-refractivity contribution in [2.24, 2.45) is 7.05 Å². The number of sulfone groups is 1. The quantitative estimate of drug-likeness (QED) is 0.831. The van der Waals surface area contributed by atoms with Gasteiger partial charge in [-0.3, -0.25) is 0 Å². The molecule has 0 saturated carbocycles. The summed E-state index contributed by atoms with van der Waals surface area (Å²) in [5, 5.41) is 0. The topological polar surface area (TPSA) is 55.2 Å². The van der Waals surface area contributed by atoms with Crippen LogP contribution in [0.3, 0.4) is 0 Å². The average molecular weight is 369 g/mol. The minimum Gasteiger partial charge on any atom is -0.365 e. The van der Waals surface area contributed by atoms with Crippen LogP contribution < -0.4 is 4.90 Å². The third kappa shape index (κ3) is 3.15. The van der Waals surface area contributed by atoms with E-state index >= 15 is 0 Å². The van der Waals surface area contributed by atoms with Gasteiger partial charge in [0.25, 0.3) is 0 Å². The van der Waals surface area contributed by atoms with Crippen molar-refractivity contribution in [1.29, 1.82) is 0 Å². The molecule has 2 aromatic rings. The van der Waals surface area contributed by atoms with Gasteiger partial charge in [0.05, 0.1) is 17.1 Å². The molecular formula is C17H21F2N3O2S.